The van der Waals surface area contributed by atoms with Crippen molar-refractivity contribution in [2.75, 3.05) is 6.61 Å². The van der Waals surface area contributed by atoms with Gasteiger partial charge in [-0.25, -0.2) is 9.46 Å². The number of ether oxygens (including phenoxy) is 1. The van der Waals surface area contributed by atoms with Gasteiger partial charge in [0.1, 0.15) is 17.1 Å². The molecule has 172 valence electrons. The van der Waals surface area contributed by atoms with Crippen LogP contribution in [-0.4, -0.2) is 61.2 Å². The highest BCUT2D eigenvalue weighted by Gasteiger charge is 2.53. The van der Waals surface area contributed by atoms with Crippen molar-refractivity contribution in [1.29, 1.82) is 0 Å². The van der Waals surface area contributed by atoms with Gasteiger partial charge in [-0.3, -0.25) is 14.3 Å². The van der Waals surface area contributed by atoms with Crippen LogP contribution in [0.4, 0.5) is 0 Å². The van der Waals surface area contributed by atoms with Gasteiger partial charge < -0.3 is 18.9 Å². The number of aromatic nitrogens is 2. The molecule has 2 rings (SSSR count). The van der Waals surface area contributed by atoms with Crippen LogP contribution in [0.5, 0.6) is 0 Å². The van der Waals surface area contributed by atoms with E-state index in [0.29, 0.717) is 0 Å². The summed E-state index contributed by atoms with van der Waals surface area (Å²) < 4.78 is 21.4. The number of rotatable bonds is 9. The van der Waals surface area contributed by atoms with Gasteiger partial charge in [-0.1, -0.05) is 0 Å². The Hall–Kier alpha value is -0.800. The normalized spacial score (nSPS) is 28.2. The van der Waals surface area contributed by atoms with Crippen molar-refractivity contribution in [1.82, 2.24) is 14.2 Å². The number of hydrogen-bond donors (Lipinski definition) is 2. The van der Waals surface area contributed by atoms with E-state index in [1.165, 1.54) is 16.8 Å². The number of nitrogens with one attached hydrogen (secondary N) is 1. The highest BCUT2D eigenvalue weighted by molar-refractivity contribution is 7.44. The van der Waals surface area contributed by atoms with Gasteiger partial charge in [-0.05, 0) is 48.5 Å². The van der Waals surface area contributed by atoms with Crippen molar-refractivity contribution >= 4 is 20.1 Å². The molecule has 1 unspecified atom stereocenters. The molecule has 9 nitrogen and oxygen atoms in total. The Morgan fingerprint density at radius 1 is 1.30 bits per heavy atom. The van der Waals surface area contributed by atoms with Crippen molar-refractivity contribution in [2.24, 2.45) is 0 Å². The third-order valence-corrected chi connectivity index (χ3v) is 7.40. The number of nitrogens with zero attached hydrogens (tertiary/aromatic N) is 2. The number of H-pyrrole nitrogens is 1. The molecule has 2 heterocycles. The number of aliphatic hydroxyl groups excluding tert-OH is 1. The number of alkyl halides is 1. The Balaban J connectivity index is 2.20. The molecule has 0 saturated carbocycles. The van der Waals surface area contributed by atoms with Crippen molar-refractivity contribution < 1.29 is 18.9 Å². The topological polar surface area (TPSA) is 106 Å². The molecule has 1 fully saturated rings. The highest BCUT2D eigenvalue weighted by Crippen LogP contribution is 2.49. The van der Waals surface area contributed by atoms with Gasteiger partial charge in [0, 0.05) is 24.3 Å². The molecule has 30 heavy (non-hydrogen) atoms. The summed E-state index contributed by atoms with van der Waals surface area (Å²) >= 11 is 6.57. The zero-order valence-electron chi connectivity index (χ0n) is 18.5. The summed E-state index contributed by atoms with van der Waals surface area (Å²) in [6.45, 7) is 13.8. The van der Waals surface area contributed by atoms with Crippen LogP contribution in [-0.2, 0) is 13.8 Å². The van der Waals surface area contributed by atoms with Gasteiger partial charge in [0.2, 0.25) is 0 Å². The maximum absolute atomic E-state index is 12.2. The maximum atomic E-state index is 12.2. The first-order valence-corrected chi connectivity index (χ1v) is 11.6. The fraction of sp³-hybridized carbons (Fsp3) is 0.789. The summed E-state index contributed by atoms with van der Waals surface area (Å²) in [6.07, 6.45) is -1.60. The third-order valence-electron chi connectivity index (χ3n) is 4.72. The second kappa shape index (κ2) is 10.2. The molecule has 1 aliphatic rings. The van der Waals surface area contributed by atoms with E-state index in [4.69, 9.17) is 25.4 Å². The van der Waals surface area contributed by atoms with Gasteiger partial charge in [0.25, 0.3) is 14.1 Å². The van der Waals surface area contributed by atoms with E-state index >= 15 is 0 Å². The smallest absolute Gasteiger partial charge is 0.330 e. The number of hydrogen-bond acceptors (Lipinski definition) is 7. The van der Waals surface area contributed by atoms with Gasteiger partial charge in [0.15, 0.2) is 6.23 Å². The molecule has 1 aromatic heterocycles. The molecule has 0 amide bonds. The van der Waals surface area contributed by atoms with E-state index in [0.717, 1.165) is 0 Å². The fourth-order valence-electron chi connectivity index (χ4n) is 3.41. The van der Waals surface area contributed by atoms with Gasteiger partial charge >= 0.3 is 5.69 Å². The molecule has 1 saturated heterocycles. The lowest BCUT2D eigenvalue weighted by Crippen LogP contribution is -2.43. The van der Waals surface area contributed by atoms with E-state index in [1.54, 1.807) is 6.92 Å². The van der Waals surface area contributed by atoms with E-state index in [9.17, 15) is 14.7 Å². The monoisotopic (exact) mass is 465 g/mol. The number of halogens is 1. The Bertz CT molecular complexity index is 804. The minimum atomic E-state index is -1.40. The van der Waals surface area contributed by atoms with Gasteiger partial charge in [0.05, 0.1) is 12.7 Å². The second-order valence-electron chi connectivity index (χ2n) is 8.40. The van der Waals surface area contributed by atoms with Crippen molar-refractivity contribution in [3.8, 4) is 0 Å². The standard InChI is InChI=1S/C19H33ClN3O6P/c1-11(2)23(12(3)4)30(29-13(5)6)27-10-14-16(25)19(7,20)17(28-14)22-9-8-15(24)21-18(22)26/h8-9,11-14,16-17,25H,10H2,1-7H3,(H,21,24,26)/t14-,16-,17-,19-,30?/m1/s1. The van der Waals surface area contributed by atoms with Crippen LogP contribution >= 0.6 is 20.1 Å². The largest absolute Gasteiger partial charge is 0.388 e. The molecular weight excluding hydrogens is 433 g/mol. The van der Waals surface area contributed by atoms with Crippen molar-refractivity contribution in [3.05, 3.63) is 33.1 Å². The molecule has 0 aromatic carbocycles. The molecule has 2 N–H and O–H groups in total. The average Bonchev–Trinajstić information content (AvgIpc) is 2.82. The lowest BCUT2D eigenvalue weighted by atomic mass is 10.0. The summed E-state index contributed by atoms with van der Waals surface area (Å²) in [5.74, 6) is 0. The molecule has 0 aliphatic carbocycles. The summed E-state index contributed by atoms with van der Waals surface area (Å²) in [7, 11) is -1.40. The van der Waals surface area contributed by atoms with Crippen LogP contribution in [0, 0.1) is 0 Å². The van der Waals surface area contributed by atoms with Gasteiger partial charge in [-0.2, -0.15) is 0 Å². The third kappa shape index (κ3) is 5.71. The quantitative estimate of drug-likeness (QED) is 0.426. The first-order valence-electron chi connectivity index (χ1n) is 10.1. The molecular formula is C19H33ClN3O6P. The second-order valence-corrected chi connectivity index (χ2v) is 10.6. The maximum Gasteiger partial charge on any atom is 0.330 e. The van der Waals surface area contributed by atoms with E-state index < -0.39 is 43.1 Å². The number of aliphatic hydroxyl groups is 1. The van der Waals surface area contributed by atoms with E-state index in [-0.39, 0.29) is 24.8 Å². The summed E-state index contributed by atoms with van der Waals surface area (Å²) in [5.41, 5.74) is -1.19. The fourth-order valence-corrected chi connectivity index (χ4v) is 5.39. The molecule has 0 bridgehead atoms. The minimum absolute atomic E-state index is 0.0342. The highest BCUT2D eigenvalue weighted by atomic mass is 35.5. The van der Waals surface area contributed by atoms with E-state index in [2.05, 4.69) is 37.3 Å². The summed E-state index contributed by atoms with van der Waals surface area (Å²) in [5, 5.41) is 10.8. The molecule has 0 spiro atoms. The lowest BCUT2D eigenvalue weighted by molar-refractivity contribution is -0.0451. The van der Waals surface area contributed by atoms with Crippen LogP contribution in [0.2, 0.25) is 0 Å². The Morgan fingerprint density at radius 3 is 2.40 bits per heavy atom. The van der Waals surface area contributed by atoms with Crippen LogP contribution in [0.1, 0.15) is 54.7 Å². The van der Waals surface area contributed by atoms with Crippen LogP contribution in [0.15, 0.2) is 21.9 Å². The molecule has 1 aromatic rings. The zero-order valence-corrected chi connectivity index (χ0v) is 20.2. The summed E-state index contributed by atoms with van der Waals surface area (Å²) in [4.78, 5) is 24.4. The number of aromatic amines is 1. The predicted octanol–water partition coefficient (Wildman–Crippen LogP) is 2.58. The predicted molar refractivity (Wildman–Crippen MR) is 117 cm³/mol. The molecule has 1 aliphatic heterocycles. The summed E-state index contributed by atoms with van der Waals surface area (Å²) in [6, 6.07) is 1.58. The van der Waals surface area contributed by atoms with Crippen molar-refractivity contribution in [2.45, 2.75) is 90.0 Å². The van der Waals surface area contributed by atoms with Crippen LogP contribution in [0.3, 0.4) is 0 Å². The molecule has 5 atom stereocenters. The van der Waals surface area contributed by atoms with Crippen molar-refractivity contribution in [3.63, 3.8) is 0 Å². The Labute approximate surface area is 183 Å². The average molecular weight is 466 g/mol. The Kier molecular flexibility index (Phi) is 8.67. The molecule has 0 radical (unpaired) electrons. The zero-order chi connectivity index (χ0) is 22.8. The first-order chi connectivity index (χ1) is 13.9. The van der Waals surface area contributed by atoms with Gasteiger partial charge in [-0.15, -0.1) is 11.6 Å². The molecule has 11 heteroatoms. The lowest BCUT2D eigenvalue weighted by Gasteiger charge is -2.37. The first kappa shape index (κ1) is 25.5. The minimum Gasteiger partial charge on any atom is -0.388 e. The van der Waals surface area contributed by atoms with E-state index in [1.807, 2.05) is 13.8 Å². The van der Waals surface area contributed by atoms with Crippen LogP contribution < -0.4 is 11.2 Å². The Morgan fingerprint density at radius 2 is 1.90 bits per heavy atom. The SMILES string of the molecule is CC(C)OP(OC[C@H]1O[C@@H](n2ccc(=O)[nH]c2=O)[C@](C)(Cl)[C@@H]1O)N(C(C)C)C(C)C. The van der Waals surface area contributed by atoms with Crippen LogP contribution in [0.25, 0.3) is 0 Å².